The Hall–Kier alpha value is -1.45. The average molecular weight is 315 g/mol. The molecule has 2 saturated carbocycles. The van der Waals surface area contributed by atoms with E-state index in [0.717, 1.165) is 24.7 Å². The number of nitrogens with zero attached hydrogens (tertiary/aromatic N) is 2. The van der Waals surface area contributed by atoms with Gasteiger partial charge in [0, 0.05) is 32.1 Å². The first-order valence-corrected chi connectivity index (χ1v) is 9.41. The van der Waals surface area contributed by atoms with Gasteiger partial charge in [-0.3, -0.25) is 4.99 Å². The second-order valence-corrected chi connectivity index (χ2v) is 7.69. The van der Waals surface area contributed by atoms with Crippen LogP contribution in [0.1, 0.15) is 57.1 Å². The number of hydrogen-bond donors (Lipinski definition) is 1. The Bertz CT molecular complexity index is 527. The molecule has 1 saturated heterocycles. The van der Waals surface area contributed by atoms with E-state index in [0.29, 0.717) is 11.5 Å². The highest BCUT2D eigenvalue weighted by molar-refractivity contribution is 5.80. The third-order valence-corrected chi connectivity index (χ3v) is 6.04. The predicted octanol–water partition coefficient (Wildman–Crippen LogP) is 3.59. The number of nitrogens with one attached hydrogen (secondary N) is 1. The van der Waals surface area contributed by atoms with Crippen LogP contribution in [0.25, 0.3) is 0 Å². The molecule has 0 atom stereocenters. The Morgan fingerprint density at radius 1 is 1.26 bits per heavy atom. The summed E-state index contributed by atoms with van der Waals surface area (Å²) in [6.45, 7) is 3.21. The van der Waals surface area contributed by atoms with Crippen molar-refractivity contribution in [1.82, 2.24) is 10.2 Å². The molecule has 1 aromatic heterocycles. The Kier molecular flexibility index (Phi) is 4.32. The van der Waals surface area contributed by atoms with E-state index < -0.39 is 0 Å². The summed E-state index contributed by atoms with van der Waals surface area (Å²) in [4.78, 5) is 7.47. The zero-order valence-corrected chi connectivity index (χ0v) is 14.1. The number of likely N-dealkylation sites (tertiary alicyclic amines) is 1. The van der Waals surface area contributed by atoms with Crippen LogP contribution in [0.2, 0.25) is 0 Å². The molecule has 2 aliphatic carbocycles. The maximum Gasteiger partial charge on any atom is 0.194 e. The fourth-order valence-electron chi connectivity index (χ4n) is 4.42. The second kappa shape index (κ2) is 6.58. The molecule has 0 unspecified atom stereocenters. The highest BCUT2D eigenvalue weighted by Gasteiger charge is 2.43. The van der Waals surface area contributed by atoms with Gasteiger partial charge in [-0.2, -0.15) is 0 Å². The van der Waals surface area contributed by atoms with Gasteiger partial charge in [-0.1, -0.05) is 19.3 Å². The van der Waals surface area contributed by atoms with Crippen LogP contribution in [0.5, 0.6) is 0 Å². The first kappa shape index (κ1) is 15.1. The van der Waals surface area contributed by atoms with Crippen LogP contribution in [0.3, 0.4) is 0 Å². The summed E-state index contributed by atoms with van der Waals surface area (Å²) in [5.41, 5.74) is 0.624. The standard InChI is InChI=1S/C19H29N3O/c1-2-6-16(5-1)21-18(20-12-8-17-7-3-14-23-17)22-13-11-19(15-22)9-4-10-19/h3,7,14,16H,1-2,4-6,8-13,15H2,(H,20,21). The fraction of sp³-hybridized carbons (Fsp3) is 0.737. The van der Waals surface area contributed by atoms with Crippen molar-refractivity contribution in [2.45, 2.75) is 63.8 Å². The minimum atomic E-state index is 0.624. The molecule has 1 aromatic rings. The van der Waals surface area contributed by atoms with Crippen LogP contribution in [-0.4, -0.2) is 36.5 Å². The molecule has 1 aliphatic heterocycles. The lowest BCUT2D eigenvalue weighted by molar-refractivity contribution is 0.151. The van der Waals surface area contributed by atoms with Crippen LogP contribution >= 0.6 is 0 Å². The third kappa shape index (κ3) is 3.41. The van der Waals surface area contributed by atoms with E-state index in [9.17, 15) is 0 Å². The Morgan fingerprint density at radius 2 is 2.13 bits per heavy atom. The van der Waals surface area contributed by atoms with Crippen molar-refractivity contribution < 1.29 is 4.42 Å². The van der Waals surface area contributed by atoms with Crippen LogP contribution in [0.4, 0.5) is 0 Å². The molecule has 2 heterocycles. The van der Waals surface area contributed by atoms with E-state index in [1.807, 2.05) is 12.1 Å². The normalized spacial score (nSPS) is 24.3. The van der Waals surface area contributed by atoms with Crippen LogP contribution in [0.15, 0.2) is 27.8 Å². The Labute approximate surface area is 139 Å². The summed E-state index contributed by atoms with van der Waals surface area (Å²) in [6.07, 6.45) is 13.6. The highest BCUT2D eigenvalue weighted by Crippen LogP contribution is 2.47. The van der Waals surface area contributed by atoms with E-state index in [2.05, 4.69) is 10.2 Å². The van der Waals surface area contributed by atoms with Gasteiger partial charge in [-0.15, -0.1) is 0 Å². The third-order valence-electron chi connectivity index (χ3n) is 6.04. The monoisotopic (exact) mass is 315 g/mol. The van der Waals surface area contributed by atoms with Crippen molar-refractivity contribution in [3.05, 3.63) is 24.2 Å². The van der Waals surface area contributed by atoms with E-state index in [4.69, 9.17) is 9.41 Å². The van der Waals surface area contributed by atoms with Crippen molar-refractivity contribution >= 4 is 5.96 Å². The van der Waals surface area contributed by atoms with Gasteiger partial charge in [0.25, 0.3) is 0 Å². The first-order valence-electron chi connectivity index (χ1n) is 9.41. The van der Waals surface area contributed by atoms with Gasteiger partial charge >= 0.3 is 0 Å². The summed E-state index contributed by atoms with van der Waals surface area (Å²) < 4.78 is 5.43. The van der Waals surface area contributed by atoms with E-state index in [1.54, 1.807) is 6.26 Å². The van der Waals surface area contributed by atoms with E-state index in [-0.39, 0.29) is 0 Å². The zero-order chi connectivity index (χ0) is 15.5. The Balaban J connectivity index is 1.40. The van der Waals surface area contributed by atoms with Gasteiger partial charge in [0.2, 0.25) is 0 Å². The number of rotatable bonds is 4. The molecule has 0 aromatic carbocycles. The second-order valence-electron chi connectivity index (χ2n) is 7.69. The summed E-state index contributed by atoms with van der Waals surface area (Å²) in [5, 5.41) is 3.77. The van der Waals surface area contributed by atoms with Crippen LogP contribution in [-0.2, 0) is 6.42 Å². The SMILES string of the molecule is c1coc(CCN=C(NC2CCCC2)N2CCC3(CCC3)C2)c1. The predicted molar refractivity (Wildman–Crippen MR) is 92.6 cm³/mol. The summed E-state index contributed by atoms with van der Waals surface area (Å²) in [6, 6.07) is 4.63. The minimum Gasteiger partial charge on any atom is -0.469 e. The molecule has 4 heteroatoms. The van der Waals surface area contributed by atoms with Crippen molar-refractivity contribution in [2.75, 3.05) is 19.6 Å². The van der Waals surface area contributed by atoms with E-state index >= 15 is 0 Å². The Morgan fingerprint density at radius 3 is 2.78 bits per heavy atom. The molecule has 4 rings (SSSR count). The number of guanidine groups is 1. The maximum absolute atomic E-state index is 5.43. The van der Waals surface area contributed by atoms with Crippen molar-refractivity contribution in [2.24, 2.45) is 10.4 Å². The molecule has 1 spiro atoms. The van der Waals surface area contributed by atoms with Crippen LogP contribution < -0.4 is 5.32 Å². The average Bonchev–Trinajstić information content (AvgIpc) is 3.27. The van der Waals surface area contributed by atoms with Crippen LogP contribution in [0, 0.1) is 5.41 Å². The first-order chi connectivity index (χ1) is 11.3. The number of furan rings is 1. The summed E-state index contributed by atoms with van der Waals surface area (Å²) in [7, 11) is 0. The number of hydrogen-bond acceptors (Lipinski definition) is 2. The van der Waals surface area contributed by atoms with Gasteiger partial charge in [-0.25, -0.2) is 0 Å². The van der Waals surface area contributed by atoms with Gasteiger partial charge < -0.3 is 14.6 Å². The molecule has 1 N–H and O–H groups in total. The fourth-order valence-corrected chi connectivity index (χ4v) is 4.42. The molecular weight excluding hydrogens is 286 g/mol. The van der Waals surface area contributed by atoms with Crippen molar-refractivity contribution in [3.63, 3.8) is 0 Å². The molecule has 3 fully saturated rings. The van der Waals surface area contributed by atoms with Gasteiger partial charge in [0.05, 0.1) is 6.26 Å². The van der Waals surface area contributed by atoms with Gasteiger partial charge in [0.15, 0.2) is 5.96 Å². The molecule has 0 amide bonds. The number of aliphatic imine (C=N–C) groups is 1. The lowest BCUT2D eigenvalue weighted by Gasteiger charge is -2.38. The van der Waals surface area contributed by atoms with Crippen molar-refractivity contribution in [3.8, 4) is 0 Å². The molecule has 3 aliphatic rings. The largest absolute Gasteiger partial charge is 0.469 e. The molecule has 4 nitrogen and oxygen atoms in total. The minimum absolute atomic E-state index is 0.624. The topological polar surface area (TPSA) is 40.8 Å². The molecule has 0 radical (unpaired) electrons. The van der Waals surface area contributed by atoms with E-state index in [1.165, 1.54) is 64.5 Å². The lowest BCUT2D eigenvalue weighted by atomic mass is 9.68. The zero-order valence-electron chi connectivity index (χ0n) is 14.1. The molecule has 126 valence electrons. The van der Waals surface area contributed by atoms with Crippen molar-refractivity contribution in [1.29, 1.82) is 0 Å². The smallest absolute Gasteiger partial charge is 0.194 e. The highest BCUT2D eigenvalue weighted by atomic mass is 16.3. The summed E-state index contributed by atoms with van der Waals surface area (Å²) in [5.74, 6) is 2.19. The van der Waals surface area contributed by atoms with Gasteiger partial charge in [0.1, 0.15) is 5.76 Å². The molecule has 23 heavy (non-hydrogen) atoms. The van der Waals surface area contributed by atoms with Gasteiger partial charge in [-0.05, 0) is 49.7 Å². The summed E-state index contributed by atoms with van der Waals surface area (Å²) >= 11 is 0. The lowest BCUT2D eigenvalue weighted by Crippen LogP contribution is -2.46. The quantitative estimate of drug-likeness (QED) is 0.682. The molecule has 0 bridgehead atoms. The maximum atomic E-state index is 5.43. The molecular formula is C19H29N3O.